The van der Waals surface area contributed by atoms with Gasteiger partial charge in [0.2, 0.25) is 17.8 Å². The summed E-state index contributed by atoms with van der Waals surface area (Å²) in [6.45, 7) is 8.43. The van der Waals surface area contributed by atoms with Crippen LogP contribution in [0.2, 0.25) is 0 Å². The van der Waals surface area contributed by atoms with Gasteiger partial charge in [-0.15, -0.1) is 0 Å². The summed E-state index contributed by atoms with van der Waals surface area (Å²) in [6, 6.07) is 1.98. The van der Waals surface area contributed by atoms with Crippen molar-refractivity contribution in [2.45, 2.75) is 39.5 Å². The molecule has 0 radical (unpaired) electrons. The first kappa shape index (κ1) is 18.2. The summed E-state index contributed by atoms with van der Waals surface area (Å²) in [5.74, 6) is 1.68. The van der Waals surface area contributed by atoms with Crippen molar-refractivity contribution < 1.29 is 9.59 Å². The zero-order valence-electron chi connectivity index (χ0n) is 16.4. The minimum absolute atomic E-state index is 0.0669. The molecule has 3 fully saturated rings. The van der Waals surface area contributed by atoms with Gasteiger partial charge in [0.05, 0.1) is 0 Å². The number of hydrogen-bond acceptors (Lipinski definition) is 5. The van der Waals surface area contributed by atoms with Crippen LogP contribution >= 0.6 is 0 Å². The van der Waals surface area contributed by atoms with Crippen molar-refractivity contribution in [3.8, 4) is 0 Å². The molecular weight excluding hydrogens is 342 g/mol. The molecule has 2 saturated heterocycles. The van der Waals surface area contributed by atoms with Crippen molar-refractivity contribution in [2.24, 2.45) is 11.8 Å². The molecule has 0 N–H and O–H groups in total. The predicted octanol–water partition coefficient (Wildman–Crippen LogP) is 1.39. The molecule has 0 unspecified atom stereocenters. The van der Waals surface area contributed by atoms with E-state index in [2.05, 4.69) is 14.9 Å². The lowest BCUT2D eigenvalue weighted by Gasteiger charge is -2.38. The number of carbonyl (C=O) groups excluding carboxylic acids is 2. The topological polar surface area (TPSA) is 69.6 Å². The number of carbonyl (C=O) groups is 2. The fourth-order valence-electron chi connectivity index (χ4n) is 4.17. The number of aryl methyl sites for hydroxylation is 2. The van der Waals surface area contributed by atoms with Crippen molar-refractivity contribution >= 4 is 17.8 Å². The molecule has 146 valence electrons. The number of amides is 2. The maximum atomic E-state index is 12.9. The van der Waals surface area contributed by atoms with Crippen molar-refractivity contribution in [1.82, 2.24) is 19.8 Å². The Hall–Kier alpha value is -2.18. The van der Waals surface area contributed by atoms with E-state index in [4.69, 9.17) is 0 Å². The molecular formula is C20H29N5O2. The zero-order chi connectivity index (χ0) is 19.0. The Kier molecular flexibility index (Phi) is 5.02. The molecule has 0 bridgehead atoms. The van der Waals surface area contributed by atoms with Gasteiger partial charge in [-0.1, -0.05) is 0 Å². The molecule has 0 spiro atoms. The van der Waals surface area contributed by atoms with Crippen LogP contribution in [0, 0.1) is 25.7 Å². The molecule has 7 heteroatoms. The van der Waals surface area contributed by atoms with Crippen LogP contribution in [0.15, 0.2) is 6.07 Å². The number of anilines is 1. The van der Waals surface area contributed by atoms with Gasteiger partial charge in [-0.3, -0.25) is 9.59 Å². The number of likely N-dealkylation sites (tertiary alicyclic amines) is 1. The highest BCUT2D eigenvalue weighted by Crippen LogP contribution is 2.32. The lowest BCUT2D eigenvalue weighted by atomic mass is 9.94. The number of nitrogens with zero attached hydrogens (tertiary/aromatic N) is 5. The second kappa shape index (κ2) is 7.44. The number of hydrogen-bond donors (Lipinski definition) is 0. The van der Waals surface area contributed by atoms with Crippen molar-refractivity contribution in [1.29, 1.82) is 0 Å². The fourth-order valence-corrected chi connectivity index (χ4v) is 4.17. The van der Waals surface area contributed by atoms with E-state index in [0.29, 0.717) is 5.91 Å². The summed E-state index contributed by atoms with van der Waals surface area (Å²) in [4.78, 5) is 40.3. The second-order valence-electron chi connectivity index (χ2n) is 8.14. The molecule has 3 aliphatic rings. The first-order chi connectivity index (χ1) is 13.0. The van der Waals surface area contributed by atoms with Crippen LogP contribution < -0.4 is 4.90 Å². The smallest absolute Gasteiger partial charge is 0.225 e. The molecule has 1 aliphatic carbocycles. The normalized spacial score (nSPS) is 21.5. The first-order valence-electron chi connectivity index (χ1n) is 10.2. The highest BCUT2D eigenvalue weighted by molar-refractivity contribution is 5.82. The van der Waals surface area contributed by atoms with Crippen LogP contribution in [0.4, 0.5) is 5.95 Å². The van der Waals surface area contributed by atoms with Gasteiger partial charge in [0, 0.05) is 62.5 Å². The fraction of sp³-hybridized carbons (Fsp3) is 0.700. The lowest BCUT2D eigenvalue weighted by molar-refractivity contribution is -0.141. The molecule has 2 aliphatic heterocycles. The molecule has 4 rings (SSSR count). The average molecular weight is 371 g/mol. The van der Waals surface area contributed by atoms with E-state index in [1.165, 1.54) is 0 Å². The van der Waals surface area contributed by atoms with Gasteiger partial charge in [-0.25, -0.2) is 9.97 Å². The predicted molar refractivity (Wildman–Crippen MR) is 102 cm³/mol. The van der Waals surface area contributed by atoms with Gasteiger partial charge in [-0.2, -0.15) is 0 Å². The monoisotopic (exact) mass is 371 g/mol. The standard InChI is InChI=1S/C20H29N5O2/c1-14-13-15(2)22-20(21-14)25-11-9-24(10-12-25)19(27)17-5-7-23(8-6-17)18(26)16-3-4-16/h13,16-17H,3-12H2,1-2H3. The summed E-state index contributed by atoms with van der Waals surface area (Å²) in [6.07, 6.45) is 3.70. The zero-order valence-corrected chi connectivity index (χ0v) is 16.4. The first-order valence-corrected chi connectivity index (χ1v) is 10.2. The van der Waals surface area contributed by atoms with E-state index in [9.17, 15) is 9.59 Å². The van der Waals surface area contributed by atoms with Gasteiger partial charge in [0.15, 0.2) is 0 Å². The summed E-state index contributed by atoms with van der Waals surface area (Å²) in [7, 11) is 0. The minimum atomic E-state index is 0.0669. The molecule has 1 aromatic heterocycles. The molecule has 1 saturated carbocycles. The summed E-state index contributed by atoms with van der Waals surface area (Å²) < 4.78 is 0. The lowest BCUT2D eigenvalue weighted by Crippen LogP contribution is -2.52. The second-order valence-corrected chi connectivity index (χ2v) is 8.14. The van der Waals surface area contributed by atoms with E-state index < -0.39 is 0 Å². The summed E-state index contributed by atoms with van der Waals surface area (Å²) >= 11 is 0. The number of aromatic nitrogens is 2. The Labute approximate surface area is 160 Å². The van der Waals surface area contributed by atoms with Gasteiger partial charge >= 0.3 is 0 Å². The molecule has 1 aromatic rings. The maximum absolute atomic E-state index is 12.9. The van der Waals surface area contributed by atoms with Crippen molar-refractivity contribution in [3.63, 3.8) is 0 Å². The van der Waals surface area contributed by atoms with Gasteiger partial charge in [0.1, 0.15) is 0 Å². The number of rotatable bonds is 3. The van der Waals surface area contributed by atoms with Gasteiger partial charge < -0.3 is 14.7 Å². The Bertz CT molecular complexity index is 697. The third kappa shape index (κ3) is 4.06. The summed E-state index contributed by atoms with van der Waals surface area (Å²) in [5.41, 5.74) is 1.95. The van der Waals surface area contributed by atoms with Gasteiger partial charge in [-0.05, 0) is 45.6 Å². The molecule has 27 heavy (non-hydrogen) atoms. The van der Waals surface area contributed by atoms with Crippen LogP contribution in [0.1, 0.15) is 37.1 Å². The SMILES string of the molecule is Cc1cc(C)nc(N2CCN(C(=O)C3CCN(C(=O)C4CC4)CC3)CC2)n1. The maximum Gasteiger partial charge on any atom is 0.225 e. The quantitative estimate of drug-likeness (QED) is 0.803. The van der Waals surface area contributed by atoms with E-state index >= 15 is 0 Å². The highest BCUT2D eigenvalue weighted by atomic mass is 16.2. The Morgan fingerprint density at radius 1 is 0.778 bits per heavy atom. The Morgan fingerprint density at radius 3 is 1.78 bits per heavy atom. The summed E-state index contributed by atoms with van der Waals surface area (Å²) in [5, 5.41) is 0. The molecule has 3 heterocycles. The Morgan fingerprint density at radius 2 is 1.26 bits per heavy atom. The minimum Gasteiger partial charge on any atom is -0.342 e. The molecule has 2 amide bonds. The van der Waals surface area contributed by atoms with Crippen molar-refractivity contribution in [2.75, 3.05) is 44.2 Å². The van der Waals surface area contributed by atoms with Crippen LogP contribution in [-0.4, -0.2) is 70.9 Å². The van der Waals surface area contributed by atoms with Crippen LogP contribution in [0.3, 0.4) is 0 Å². The van der Waals surface area contributed by atoms with Crippen LogP contribution in [0.25, 0.3) is 0 Å². The third-order valence-electron chi connectivity index (χ3n) is 5.93. The van der Waals surface area contributed by atoms with E-state index in [1.807, 2.05) is 29.7 Å². The van der Waals surface area contributed by atoms with Crippen LogP contribution in [0.5, 0.6) is 0 Å². The number of piperidine rings is 1. The highest BCUT2D eigenvalue weighted by Gasteiger charge is 2.37. The van der Waals surface area contributed by atoms with Crippen LogP contribution in [-0.2, 0) is 9.59 Å². The largest absolute Gasteiger partial charge is 0.342 e. The molecule has 0 atom stereocenters. The number of piperazine rings is 1. The molecule has 7 nitrogen and oxygen atoms in total. The third-order valence-corrected chi connectivity index (χ3v) is 5.93. The van der Waals surface area contributed by atoms with E-state index in [0.717, 1.165) is 82.3 Å². The molecule has 0 aromatic carbocycles. The van der Waals surface area contributed by atoms with E-state index in [-0.39, 0.29) is 17.7 Å². The van der Waals surface area contributed by atoms with E-state index in [1.54, 1.807) is 0 Å². The van der Waals surface area contributed by atoms with Crippen molar-refractivity contribution in [3.05, 3.63) is 17.5 Å². The average Bonchev–Trinajstić information content (AvgIpc) is 3.52. The van der Waals surface area contributed by atoms with Gasteiger partial charge in [0.25, 0.3) is 0 Å². The Balaban J connectivity index is 1.28.